The summed E-state index contributed by atoms with van der Waals surface area (Å²) in [5.74, 6) is -0.618. The molecule has 0 atom stereocenters. The first-order valence-corrected chi connectivity index (χ1v) is 6.51. The van der Waals surface area contributed by atoms with Crippen LogP contribution in [0.5, 0.6) is 0 Å². The fraction of sp³-hybridized carbons (Fsp3) is 0.667. The molecule has 0 spiro atoms. The fourth-order valence-electron chi connectivity index (χ4n) is 1.59. The zero-order chi connectivity index (χ0) is 14.5. The summed E-state index contributed by atoms with van der Waals surface area (Å²) >= 11 is 0. The van der Waals surface area contributed by atoms with Crippen molar-refractivity contribution >= 4 is 11.9 Å². The van der Waals surface area contributed by atoms with E-state index in [1.54, 1.807) is 7.05 Å². The van der Waals surface area contributed by atoms with Crippen LogP contribution in [0, 0.1) is 5.92 Å². The van der Waals surface area contributed by atoms with E-state index in [4.69, 9.17) is 9.84 Å². The Morgan fingerprint density at radius 2 is 2.30 bits per heavy atom. The largest absolute Gasteiger partial charge is 0.476 e. The van der Waals surface area contributed by atoms with Crippen LogP contribution in [0.3, 0.4) is 0 Å². The van der Waals surface area contributed by atoms with Gasteiger partial charge in [0.1, 0.15) is 6.54 Å². The second-order valence-electron chi connectivity index (χ2n) is 4.94. The Labute approximate surface area is 116 Å². The third-order valence-corrected chi connectivity index (χ3v) is 3.10. The Bertz CT molecular complexity index is 484. The van der Waals surface area contributed by atoms with E-state index in [0.717, 1.165) is 6.61 Å². The van der Waals surface area contributed by atoms with Crippen LogP contribution >= 0.6 is 0 Å². The fourth-order valence-corrected chi connectivity index (χ4v) is 1.59. The summed E-state index contributed by atoms with van der Waals surface area (Å²) in [5, 5.41) is 15.7. The molecular formula is C12H18N4O4. The molecule has 110 valence electrons. The first-order valence-electron chi connectivity index (χ1n) is 6.51. The summed E-state index contributed by atoms with van der Waals surface area (Å²) in [4.78, 5) is 24.0. The van der Waals surface area contributed by atoms with E-state index < -0.39 is 5.97 Å². The third-order valence-electron chi connectivity index (χ3n) is 3.10. The van der Waals surface area contributed by atoms with Gasteiger partial charge in [-0.1, -0.05) is 5.21 Å². The van der Waals surface area contributed by atoms with Gasteiger partial charge < -0.3 is 14.7 Å². The molecule has 1 amide bonds. The number of ether oxygens (including phenoxy) is 1. The number of likely N-dealkylation sites (N-methyl/N-ethyl adjacent to an activating group) is 1. The number of aromatic nitrogens is 3. The van der Waals surface area contributed by atoms with E-state index in [-0.39, 0.29) is 18.1 Å². The predicted molar refractivity (Wildman–Crippen MR) is 68.2 cm³/mol. The molecule has 8 nitrogen and oxygen atoms in total. The molecule has 1 fully saturated rings. The molecule has 0 bridgehead atoms. The summed E-state index contributed by atoms with van der Waals surface area (Å²) in [6.07, 6.45) is 3.72. The molecule has 0 unspecified atom stereocenters. The van der Waals surface area contributed by atoms with Crippen LogP contribution in [0.2, 0.25) is 0 Å². The molecule has 0 aliphatic heterocycles. The molecule has 8 heteroatoms. The lowest BCUT2D eigenvalue weighted by Gasteiger charge is -2.16. The van der Waals surface area contributed by atoms with Crippen molar-refractivity contribution in [2.24, 2.45) is 5.92 Å². The molecule has 1 aromatic heterocycles. The number of carbonyl (C=O) groups is 2. The van der Waals surface area contributed by atoms with E-state index >= 15 is 0 Å². The summed E-state index contributed by atoms with van der Waals surface area (Å²) < 4.78 is 6.67. The van der Waals surface area contributed by atoms with Crippen LogP contribution in [0.4, 0.5) is 0 Å². The maximum absolute atomic E-state index is 11.9. The highest BCUT2D eigenvalue weighted by Gasteiger charge is 2.21. The topological polar surface area (TPSA) is 97.5 Å². The highest BCUT2D eigenvalue weighted by atomic mass is 16.5. The smallest absolute Gasteiger partial charge is 0.358 e. The molecule has 1 N–H and O–H groups in total. The van der Waals surface area contributed by atoms with Gasteiger partial charge in [0.05, 0.1) is 12.8 Å². The molecular weight excluding hydrogens is 264 g/mol. The molecule has 0 radical (unpaired) electrons. The van der Waals surface area contributed by atoms with Crippen molar-refractivity contribution in [3.8, 4) is 0 Å². The standard InChI is InChI=1S/C12H18N4O4/c1-15(4-5-20-8-9-2-3-9)11(17)7-16-6-10(12(18)19)13-14-16/h6,9H,2-5,7-8H2,1H3,(H,18,19). The summed E-state index contributed by atoms with van der Waals surface area (Å²) in [6, 6.07) is 0. The molecule has 1 aromatic rings. The SMILES string of the molecule is CN(CCOCC1CC1)C(=O)Cn1cc(C(=O)O)nn1. The Morgan fingerprint density at radius 3 is 2.90 bits per heavy atom. The number of carboxylic acid groups (broad SMARTS) is 1. The van der Waals surface area contributed by atoms with Crippen molar-refractivity contribution < 1.29 is 19.4 Å². The van der Waals surface area contributed by atoms with Gasteiger partial charge in [-0.25, -0.2) is 9.48 Å². The number of amides is 1. The van der Waals surface area contributed by atoms with E-state index in [0.29, 0.717) is 19.1 Å². The first-order chi connectivity index (χ1) is 9.56. The average molecular weight is 282 g/mol. The predicted octanol–water partition coefficient (Wildman–Crippen LogP) is -0.139. The van der Waals surface area contributed by atoms with Crippen molar-refractivity contribution in [3.05, 3.63) is 11.9 Å². The second kappa shape index (κ2) is 6.47. The van der Waals surface area contributed by atoms with Crippen molar-refractivity contribution in [2.75, 3.05) is 26.8 Å². The molecule has 20 heavy (non-hydrogen) atoms. The Kier molecular flexibility index (Phi) is 4.67. The number of hydrogen-bond acceptors (Lipinski definition) is 5. The van der Waals surface area contributed by atoms with Gasteiger partial charge in [-0.15, -0.1) is 5.10 Å². The van der Waals surface area contributed by atoms with Crippen LogP contribution < -0.4 is 0 Å². The van der Waals surface area contributed by atoms with Crippen LogP contribution in [-0.2, 0) is 16.1 Å². The van der Waals surface area contributed by atoms with Crippen molar-refractivity contribution in [2.45, 2.75) is 19.4 Å². The molecule has 1 saturated carbocycles. The van der Waals surface area contributed by atoms with Gasteiger partial charge in [-0.05, 0) is 18.8 Å². The minimum atomic E-state index is -1.16. The number of carboxylic acids is 1. The normalized spacial score (nSPS) is 14.2. The number of nitrogens with zero attached hydrogens (tertiary/aromatic N) is 4. The monoisotopic (exact) mass is 282 g/mol. The minimum absolute atomic E-state index is 0.0284. The van der Waals surface area contributed by atoms with Gasteiger partial charge in [0.2, 0.25) is 5.91 Å². The first kappa shape index (κ1) is 14.4. The molecule has 1 heterocycles. The van der Waals surface area contributed by atoms with Crippen molar-refractivity contribution in [1.29, 1.82) is 0 Å². The lowest BCUT2D eigenvalue weighted by Crippen LogP contribution is -2.33. The van der Waals surface area contributed by atoms with Crippen LogP contribution in [0.15, 0.2) is 6.20 Å². The van der Waals surface area contributed by atoms with Gasteiger partial charge >= 0.3 is 5.97 Å². The number of rotatable bonds is 8. The van der Waals surface area contributed by atoms with Crippen LogP contribution in [-0.4, -0.2) is 63.7 Å². The van der Waals surface area contributed by atoms with Gasteiger partial charge in [0, 0.05) is 20.2 Å². The summed E-state index contributed by atoms with van der Waals surface area (Å²) in [5.41, 5.74) is -0.173. The van der Waals surface area contributed by atoms with E-state index in [2.05, 4.69) is 10.3 Å². The highest BCUT2D eigenvalue weighted by Crippen LogP contribution is 2.28. The Hall–Kier alpha value is -1.96. The minimum Gasteiger partial charge on any atom is -0.476 e. The van der Waals surface area contributed by atoms with Crippen LogP contribution in [0.25, 0.3) is 0 Å². The lowest BCUT2D eigenvalue weighted by atomic mass is 10.4. The highest BCUT2D eigenvalue weighted by molar-refractivity contribution is 5.84. The molecule has 0 aromatic carbocycles. The molecule has 1 aliphatic carbocycles. The molecule has 0 saturated heterocycles. The quantitative estimate of drug-likeness (QED) is 0.667. The Morgan fingerprint density at radius 1 is 1.55 bits per heavy atom. The third kappa shape index (κ3) is 4.30. The summed E-state index contributed by atoms with van der Waals surface area (Å²) in [6.45, 7) is 1.76. The van der Waals surface area contributed by atoms with Gasteiger partial charge in [-0.2, -0.15) is 0 Å². The number of carbonyl (C=O) groups excluding carboxylic acids is 1. The lowest BCUT2D eigenvalue weighted by molar-refractivity contribution is -0.131. The van der Waals surface area contributed by atoms with E-state index in [1.807, 2.05) is 0 Å². The average Bonchev–Trinajstić information content (AvgIpc) is 3.11. The Balaban J connectivity index is 1.70. The van der Waals surface area contributed by atoms with Gasteiger partial charge in [0.25, 0.3) is 0 Å². The van der Waals surface area contributed by atoms with E-state index in [1.165, 1.54) is 28.6 Å². The second-order valence-corrected chi connectivity index (χ2v) is 4.94. The zero-order valence-electron chi connectivity index (χ0n) is 11.4. The van der Waals surface area contributed by atoms with Crippen LogP contribution in [0.1, 0.15) is 23.3 Å². The zero-order valence-corrected chi connectivity index (χ0v) is 11.4. The van der Waals surface area contributed by atoms with Crippen molar-refractivity contribution in [1.82, 2.24) is 19.9 Å². The van der Waals surface area contributed by atoms with Crippen molar-refractivity contribution in [3.63, 3.8) is 0 Å². The molecule has 1 aliphatic rings. The maximum Gasteiger partial charge on any atom is 0.358 e. The molecule has 2 rings (SSSR count). The van der Waals surface area contributed by atoms with Gasteiger partial charge in [-0.3, -0.25) is 4.79 Å². The van der Waals surface area contributed by atoms with E-state index in [9.17, 15) is 9.59 Å². The number of hydrogen-bond donors (Lipinski definition) is 1. The summed E-state index contributed by atoms with van der Waals surface area (Å²) in [7, 11) is 1.68. The van der Waals surface area contributed by atoms with Gasteiger partial charge in [0.15, 0.2) is 5.69 Å². The number of aromatic carboxylic acids is 1. The maximum atomic E-state index is 11.9.